The number of aryl methyl sites for hydroxylation is 1. The molecule has 0 atom stereocenters. The van der Waals surface area contributed by atoms with Gasteiger partial charge in [0, 0.05) is 35.7 Å². The number of hydrogen-bond donors (Lipinski definition) is 1. The minimum Gasteiger partial charge on any atom is -0.322 e. The third kappa shape index (κ3) is 4.63. The molecule has 0 saturated carbocycles. The number of carbonyl (C=O) groups is 2. The smallest absolute Gasteiger partial charge is 0.276 e. The van der Waals surface area contributed by atoms with E-state index in [-0.39, 0.29) is 22.9 Å². The molecule has 1 aromatic heterocycles. The van der Waals surface area contributed by atoms with Gasteiger partial charge in [0.15, 0.2) is 11.6 Å². The van der Waals surface area contributed by atoms with Gasteiger partial charge in [-0.15, -0.1) is 0 Å². The van der Waals surface area contributed by atoms with Crippen LogP contribution in [0.1, 0.15) is 33.3 Å². The normalized spacial score (nSPS) is 10.5. The molecule has 0 aliphatic carbocycles. The Labute approximate surface area is 167 Å². The van der Waals surface area contributed by atoms with Gasteiger partial charge in [0.25, 0.3) is 11.8 Å². The Kier molecular flexibility index (Phi) is 5.97. The lowest BCUT2D eigenvalue weighted by atomic mass is 10.1. The monoisotopic (exact) mass is 395 g/mol. The predicted octanol–water partition coefficient (Wildman–Crippen LogP) is 4.59. The van der Waals surface area contributed by atoms with Crippen molar-refractivity contribution in [1.82, 2.24) is 4.98 Å². The van der Waals surface area contributed by atoms with Crippen molar-refractivity contribution in [3.8, 4) is 0 Å². The highest BCUT2D eigenvalue weighted by Gasteiger charge is 2.19. The van der Waals surface area contributed by atoms with Gasteiger partial charge in [-0.1, -0.05) is 12.1 Å². The van der Waals surface area contributed by atoms with E-state index in [1.54, 1.807) is 4.90 Å². The summed E-state index contributed by atoms with van der Waals surface area (Å²) in [6, 6.07) is 13.4. The topological polar surface area (TPSA) is 62.3 Å². The fraction of sp³-hybridized carbons (Fsp3) is 0.136. The first-order chi connectivity index (χ1) is 13.9. The van der Waals surface area contributed by atoms with Crippen molar-refractivity contribution in [1.29, 1.82) is 0 Å². The third-order valence-electron chi connectivity index (χ3n) is 4.29. The van der Waals surface area contributed by atoms with Crippen molar-refractivity contribution in [2.24, 2.45) is 0 Å². The summed E-state index contributed by atoms with van der Waals surface area (Å²) in [6.45, 7) is 4.21. The summed E-state index contributed by atoms with van der Waals surface area (Å²) >= 11 is 0. The molecule has 1 N–H and O–H groups in total. The summed E-state index contributed by atoms with van der Waals surface area (Å²) in [4.78, 5) is 31.1. The van der Waals surface area contributed by atoms with Crippen LogP contribution in [0.3, 0.4) is 0 Å². The SMILES string of the molecule is CCN(C(=O)c1cc(C(=O)Nc2ccc(F)c(F)c2)ccn1)c1cccc(C)c1. The zero-order valence-electron chi connectivity index (χ0n) is 15.9. The minimum absolute atomic E-state index is 0.103. The zero-order valence-corrected chi connectivity index (χ0v) is 15.9. The number of carbonyl (C=O) groups excluding carboxylic acids is 2. The molecule has 0 radical (unpaired) electrons. The highest BCUT2D eigenvalue weighted by Crippen LogP contribution is 2.19. The largest absolute Gasteiger partial charge is 0.322 e. The summed E-state index contributed by atoms with van der Waals surface area (Å²) < 4.78 is 26.4. The van der Waals surface area contributed by atoms with E-state index < -0.39 is 17.5 Å². The summed E-state index contributed by atoms with van der Waals surface area (Å²) in [6.07, 6.45) is 1.36. The van der Waals surface area contributed by atoms with Crippen molar-refractivity contribution in [2.45, 2.75) is 13.8 Å². The van der Waals surface area contributed by atoms with Crippen molar-refractivity contribution >= 4 is 23.2 Å². The number of benzene rings is 2. The lowest BCUT2D eigenvalue weighted by Gasteiger charge is -2.21. The van der Waals surface area contributed by atoms with Gasteiger partial charge >= 0.3 is 0 Å². The molecule has 0 spiro atoms. The molecule has 0 aliphatic rings. The Morgan fingerprint density at radius 2 is 1.83 bits per heavy atom. The summed E-state index contributed by atoms with van der Waals surface area (Å²) in [5, 5.41) is 2.48. The predicted molar refractivity (Wildman–Crippen MR) is 107 cm³/mol. The van der Waals surface area contributed by atoms with Crippen molar-refractivity contribution in [2.75, 3.05) is 16.8 Å². The maximum absolute atomic E-state index is 13.3. The molecular weight excluding hydrogens is 376 g/mol. The molecule has 3 aromatic rings. The number of pyridine rings is 1. The molecule has 2 amide bonds. The van der Waals surface area contributed by atoms with Crippen molar-refractivity contribution < 1.29 is 18.4 Å². The first-order valence-corrected chi connectivity index (χ1v) is 9.00. The molecule has 0 bridgehead atoms. The Bertz CT molecular complexity index is 1070. The first kappa shape index (κ1) is 20.1. The number of nitrogens with one attached hydrogen (secondary N) is 1. The first-order valence-electron chi connectivity index (χ1n) is 9.00. The third-order valence-corrected chi connectivity index (χ3v) is 4.29. The zero-order chi connectivity index (χ0) is 21.0. The average molecular weight is 395 g/mol. The van der Waals surface area contributed by atoms with E-state index in [2.05, 4.69) is 10.3 Å². The summed E-state index contributed by atoms with van der Waals surface area (Å²) in [7, 11) is 0. The standard InChI is InChI=1S/C22H19F2N3O2/c1-3-27(17-6-4-5-14(2)11-17)22(29)20-12-15(9-10-25-20)21(28)26-16-7-8-18(23)19(24)13-16/h4-13H,3H2,1-2H3,(H,26,28). The van der Waals surface area contributed by atoms with Crippen molar-refractivity contribution in [3.63, 3.8) is 0 Å². The van der Waals surface area contributed by atoms with E-state index >= 15 is 0 Å². The molecule has 148 valence electrons. The van der Waals surface area contributed by atoms with Crippen LogP contribution in [0.2, 0.25) is 0 Å². The molecule has 3 rings (SSSR count). The summed E-state index contributed by atoms with van der Waals surface area (Å²) in [5.41, 5.74) is 2.13. The van der Waals surface area contributed by atoms with Gasteiger partial charge in [0.2, 0.25) is 0 Å². The number of amides is 2. The summed E-state index contributed by atoms with van der Waals surface area (Å²) in [5.74, 6) is -2.98. The van der Waals surface area contributed by atoms with Gasteiger partial charge in [0.1, 0.15) is 5.69 Å². The maximum atomic E-state index is 13.3. The van der Waals surface area contributed by atoms with E-state index in [0.717, 1.165) is 23.4 Å². The van der Waals surface area contributed by atoms with E-state index in [4.69, 9.17) is 0 Å². The highest BCUT2D eigenvalue weighted by atomic mass is 19.2. The van der Waals surface area contributed by atoms with Crippen LogP contribution in [0.4, 0.5) is 20.2 Å². The number of hydrogen-bond acceptors (Lipinski definition) is 3. The number of anilines is 2. The molecule has 2 aromatic carbocycles. The molecule has 0 fully saturated rings. The van der Waals surface area contributed by atoms with Crippen LogP contribution in [-0.4, -0.2) is 23.3 Å². The Morgan fingerprint density at radius 3 is 2.52 bits per heavy atom. The Hall–Kier alpha value is -3.61. The lowest BCUT2D eigenvalue weighted by molar-refractivity contribution is 0.0983. The van der Waals surface area contributed by atoms with Crippen LogP contribution >= 0.6 is 0 Å². The van der Waals surface area contributed by atoms with E-state index in [0.29, 0.717) is 6.54 Å². The molecule has 0 aliphatic heterocycles. The van der Waals surface area contributed by atoms with Crippen LogP contribution in [0.25, 0.3) is 0 Å². The average Bonchev–Trinajstić information content (AvgIpc) is 2.71. The van der Waals surface area contributed by atoms with Gasteiger partial charge < -0.3 is 10.2 Å². The molecule has 0 unspecified atom stereocenters. The highest BCUT2D eigenvalue weighted by molar-refractivity contribution is 6.08. The molecule has 1 heterocycles. The van der Waals surface area contributed by atoms with Gasteiger partial charge in [0.05, 0.1) is 0 Å². The van der Waals surface area contributed by atoms with Crippen LogP contribution in [0.15, 0.2) is 60.8 Å². The van der Waals surface area contributed by atoms with Gasteiger partial charge in [-0.2, -0.15) is 0 Å². The number of halogens is 2. The van der Waals surface area contributed by atoms with Crippen LogP contribution in [0.5, 0.6) is 0 Å². The fourth-order valence-electron chi connectivity index (χ4n) is 2.84. The van der Waals surface area contributed by atoms with E-state index in [9.17, 15) is 18.4 Å². The van der Waals surface area contributed by atoms with Gasteiger partial charge in [-0.3, -0.25) is 14.6 Å². The quantitative estimate of drug-likeness (QED) is 0.687. The van der Waals surface area contributed by atoms with E-state index in [1.807, 2.05) is 38.1 Å². The molecular formula is C22H19F2N3O2. The van der Waals surface area contributed by atoms with Crippen molar-refractivity contribution in [3.05, 3.63) is 89.2 Å². The number of nitrogens with zero attached hydrogens (tertiary/aromatic N) is 2. The Balaban J connectivity index is 1.83. The van der Waals surface area contributed by atoms with Crippen LogP contribution in [-0.2, 0) is 0 Å². The minimum atomic E-state index is -1.06. The lowest BCUT2D eigenvalue weighted by Crippen LogP contribution is -2.31. The van der Waals surface area contributed by atoms with Crippen LogP contribution in [0, 0.1) is 18.6 Å². The Morgan fingerprint density at radius 1 is 1.03 bits per heavy atom. The van der Waals surface area contributed by atoms with Gasteiger partial charge in [-0.05, 0) is 55.8 Å². The second-order valence-electron chi connectivity index (χ2n) is 6.40. The van der Waals surface area contributed by atoms with Crippen LogP contribution < -0.4 is 10.2 Å². The maximum Gasteiger partial charge on any atom is 0.276 e. The van der Waals surface area contributed by atoms with Gasteiger partial charge in [-0.25, -0.2) is 8.78 Å². The number of aromatic nitrogens is 1. The second-order valence-corrected chi connectivity index (χ2v) is 6.40. The number of rotatable bonds is 5. The fourth-order valence-corrected chi connectivity index (χ4v) is 2.84. The molecule has 0 saturated heterocycles. The second kappa shape index (κ2) is 8.60. The molecule has 29 heavy (non-hydrogen) atoms. The van der Waals surface area contributed by atoms with E-state index in [1.165, 1.54) is 24.4 Å². The molecule has 7 heteroatoms. The molecule has 5 nitrogen and oxygen atoms in total.